The Labute approximate surface area is 164 Å². The molecule has 5 nitrogen and oxygen atoms in total. The molecule has 0 fully saturated rings. The Morgan fingerprint density at radius 1 is 0.893 bits per heavy atom. The van der Waals surface area contributed by atoms with Crippen LogP contribution in [0.4, 0.5) is 17.1 Å². The maximum absolute atomic E-state index is 12.3. The molecule has 1 aromatic heterocycles. The van der Waals surface area contributed by atoms with Gasteiger partial charge in [0, 0.05) is 34.5 Å². The van der Waals surface area contributed by atoms with Crippen LogP contribution in [0, 0.1) is 0 Å². The zero-order chi connectivity index (χ0) is 19.2. The highest BCUT2D eigenvalue weighted by atomic mass is 16.5. The van der Waals surface area contributed by atoms with Crippen LogP contribution in [-0.4, -0.2) is 17.5 Å². The molecule has 142 valence electrons. The first kappa shape index (κ1) is 18.0. The first-order chi connectivity index (χ1) is 13.8. The molecule has 5 heteroatoms. The molecule has 1 aliphatic carbocycles. The predicted octanol–water partition coefficient (Wildman–Crippen LogP) is 4.72. The van der Waals surface area contributed by atoms with E-state index in [1.165, 1.54) is 6.42 Å². The molecule has 28 heavy (non-hydrogen) atoms. The maximum Gasteiger partial charge on any atom is 0.262 e. The van der Waals surface area contributed by atoms with Crippen molar-refractivity contribution in [2.45, 2.75) is 25.7 Å². The molecule has 0 unspecified atom stereocenters. The maximum atomic E-state index is 12.3. The number of carbonyl (C=O) groups excluding carboxylic acids is 1. The highest BCUT2D eigenvalue weighted by molar-refractivity contribution is 5.92. The summed E-state index contributed by atoms with van der Waals surface area (Å²) in [5.74, 6) is 0.604. The topological polar surface area (TPSA) is 63.2 Å². The molecule has 2 N–H and O–H groups in total. The van der Waals surface area contributed by atoms with Crippen LogP contribution in [0.2, 0.25) is 0 Å². The second kappa shape index (κ2) is 8.57. The minimum Gasteiger partial charge on any atom is -0.483 e. The third-order valence-electron chi connectivity index (χ3n) is 4.78. The largest absolute Gasteiger partial charge is 0.483 e. The minimum atomic E-state index is -0.176. The van der Waals surface area contributed by atoms with Crippen molar-refractivity contribution >= 4 is 23.0 Å². The number of para-hydroxylation sites is 1. The normalized spacial score (nSPS) is 12.7. The SMILES string of the molecule is O=C(COc1ccnc2c1CCCC2)Nc1ccc(Nc2ccccc2)cc1. The Kier molecular flexibility index (Phi) is 5.52. The van der Waals surface area contributed by atoms with E-state index < -0.39 is 0 Å². The smallest absolute Gasteiger partial charge is 0.262 e. The van der Waals surface area contributed by atoms with E-state index in [9.17, 15) is 4.79 Å². The van der Waals surface area contributed by atoms with Crippen molar-refractivity contribution in [3.05, 3.63) is 78.1 Å². The van der Waals surface area contributed by atoms with Gasteiger partial charge in [0.1, 0.15) is 5.75 Å². The van der Waals surface area contributed by atoms with E-state index in [1.54, 1.807) is 6.20 Å². The minimum absolute atomic E-state index is 0.0134. The number of benzene rings is 2. The van der Waals surface area contributed by atoms with Crippen molar-refractivity contribution in [2.75, 3.05) is 17.2 Å². The van der Waals surface area contributed by atoms with Gasteiger partial charge in [-0.25, -0.2) is 0 Å². The molecule has 1 heterocycles. The van der Waals surface area contributed by atoms with Gasteiger partial charge in [0.25, 0.3) is 5.91 Å². The van der Waals surface area contributed by atoms with Crippen LogP contribution in [0.25, 0.3) is 0 Å². The number of nitrogens with one attached hydrogen (secondary N) is 2. The zero-order valence-corrected chi connectivity index (χ0v) is 15.7. The van der Waals surface area contributed by atoms with Crippen LogP contribution < -0.4 is 15.4 Å². The quantitative estimate of drug-likeness (QED) is 0.656. The second-order valence-electron chi connectivity index (χ2n) is 6.85. The summed E-state index contributed by atoms with van der Waals surface area (Å²) < 4.78 is 5.78. The molecule has 1 amide bonds. The van der Waals surface area contributed by atoms with E-state index in [0.29, 0.717) is 0 Å². The Hall–Kier alpha value is -3.34. The van der Waals surface area contributed by atoms with Gasteiger partial charge in [0.05, 0.1) is 0 Å². The summed E-state index contributed by atoms with van der Waals surface area (Å²) in [5, 5.41) is 6.19. The molecule has 4 rings (SSSR count). The summed E-state index contributed by atoms with van der Waals surface area (Å²) in [6.45, 7) is -0.0134. The number of hydrogen-bond donors (Lipinski definition) is 2. The first-order valence-corrected chi connectivity index (χ1v) is 9.59. The van der Waals surface area contributed by atoms with Gasteiger partial charge in [0.15, 0.2) is 6.61 Å². The monoisotopic (exact) mass is 373 g/mol. The number of amides is 1. The standard InChI is InChI=1S/C23H23N3O2/c27-23(16-28-22-14-15-24-21-9-5-4-8-20(21)22)26-19-12-10-18(11-13-19)25-17-6-2-1-3-7-17/h1-3,6-7,10-15,25H,4-5,8-9,16H2,(H,26,27). The van der Waals surface area contributed by atoms with E-state index in [-0.39, 0.29) is 12.5 Å². The van der Waals surface area contributed by atoms with E-state index in [1.807, 2.05) is 60.7 Å². The molecule has 0 saturated heterocycles. The van der Waals surface area contributed by atoms with Gasteiger partial charge in [-0.1, -0.05) is 18.2 Å². The average Bonchev–Trinajstić information content (AvgIpc) is 2.74. The van der Waals surface area contributed by atoms with E-state index in [0.717, 1.165) is 53.3 Å². The molecule has 3 aromatic rings. The van der Waals surface area contributed by atoms with Crippen molar-refractivity contribution in [3.63, 3.8) is 0 Å². The highest BCUT2D eigenvalue weighted by Crippen LogP contribution is 2.28. The number of ether oxygens (including phenoxy) is 1. The summed E-state index contributed by atoms with van der Waals surface area (Å²) in [5.41, 5.74) is 4.98. The van der Waals surface area contributed by atoms with Gasteiger partial charge in [-0.05, 0) is 68.1 Å². The Bertz CT molecular complexity index is 940. The van der Waals surface area contributed by atoms with Crippen LogP contribution in [-0.2, 0) is 17.6 Å². The van der Waals surface area contributed by atoms with Crippen LogP contribution in [0.5, 0.6) is 5.75 Å². The lowest BCUT2D eigenvalue weighted by molar-refractivity contribution is -0.118. The van der Waals surface area contributed by atoms with Crippen LogP contribution in [0.3, 0.4) is 0 Å². The predicted molar refractivity (Wildman–Crippen MR) is 111 cm³/mol. The van der Waals surface area contributed by atoms with Crippen molar-refractivity contribution in [2.24, 2.45) is 0 Å². The lowest BCUT2D eigenvalue weighted by Crippen LogP contribution is -2.21. The number of hydrogen-bond acceptors (Lipinski definition) is 4. The molecular weight excluding hydrogens is 350 g/mol. The Balaban J connectivity index is 1.32. The number of fused-ring (bicyclic) bond motifs is 1. The fraction of sp³-hybridized carbons (Fsp3) is 0.217. The van der Waals surface area contributed by atoms with Crippen molar-refractivity contribution in [1.82, 2.24) is 4.98 Å². The Morgan fingerprint density at radius 3 is 2.43 bits per heavy atom. The number of anilines is 3. The third kappa shape index (κ3) is 4.49. The fourth-order valence-electron chi connectivity index (χ4n) is 3.39. The van der Waals surface area contributed by atoms with Crippen molar-refractivity contribution < 1.29 is 9.53 Å². The number of rotatable bonds is 6. The number of pyridine rings is 1. The molecule has 2 aromatic carbocycles. The van der Waals surface area contributed by atoms with Crippen LogP contribution in [0.15, 0.2) is 66.9 Å². The number of carbonyl (C=O) groups is 1. The van der Waals surface area contributed by atoms with Crippen molar-refractivity contribution in [1.29, 1.82) is 0 Å². The zero-order valence-electron chi connectivity index (χ0n) is 15.7. The summed E-state index contributed by atoms with van der Waals surface area (Å²) in [6, 6.07) is 19.4. The molecule has 1 aliphatic rings. The lowest BCUT2D eigenvalue weighted by atomic mass is 9.95. The van der Waals surface area contributed by atoms with Gasteiger partial charge in [-0.3, -0.25) is 9.78 Å². The molecule has 0 spiro atoms. The first-order valence-electron chi connectivity index (χ1n) is 9.59. The van der Waals surface area contributed by atoms with E-state index >= 15 is 0 Å². The van der Waals surface area contributed by atoms with Crippen LogP contribution in [0.1, 0.15) is 24.1 Å². The summed E-state index contributed by atoms with van der Waals surface area (Å²) in [7, 11) is 0. The molecule has 0 bridgehead atoms. The molecule has 0 saturated carbocycles. The molecule has 0 aliphatic heterocycles. The number of nitrogens with zero attached hydrogens (tertiary/aromatic N) is 1. The van der Waals surface area contributed by atoms with Gasteiger partial charge >= 0.3 is 0 Å². The summed E-state index contributed by atoms with van der Waals surface area (Å²) >= 11 is 0. The van der Waals surface area contributed by atoms with Gasteiger partial charge in [0.2, 0.25) is 0 Å². The highest BCUT2D eigenvalue weighted by Gasteiger charge is 2.16. The average molecular weight is 373 g/mol. The summed E-state index contributed by atoms with van der Waals surface area (Å²) in [6.07, 6.45) is 6.03. The van der Waals surface area contributed by atoms with Gasteiger partial charge in [-0.15, -0.1) is 0 Å². The van der Waals surface area contributed by atoms with Gasteiger partial charge < -0.3 is 15.4 Å². The third-order valence-corrected chi connectivity index (χ3v) is 4.78. The van der Waals surface area contributed by atoms with Crippen molar-refractivity contribution in [3.8, 4) is 5.75 Å². The second-order valence-corrected chi connectivity index (χ2v) is 6.85. The fourth-order valence-corrected chi connectivity index (χ4v) is 3.39. The lowest BCUT2D eigenvalue weighted by Gasteiger charge is -2.18. The van der Waals surface area contributed by atoms with E-state index in [4.69, 9.17) is 4.74 Å². The van der Waals surface area contributed by atoms with Crippen LogP contribution >= 0.6 is 0 Å². The Morgan fingerprint density at radius 2 is 1.61 bits per heavy atom. The summed E-state index contributed by atoms with van der Waals surface area (Å²) in [4.78, 5) is 16.7. The molecule has 0 atom stereocenters. The van der Waals surface area contributed by atoms with E-state index in [2.05, 4.69) is 15.6 Å². The number of aryl methyl sites for hydroxylation is 1. The van der Waals surface area contributed by atoms with Gasteiger partial charge in [-0.2, -0.15) is 0 Å². The number of aromatic nitrogens is 1. The molecular formula is C23H23N3O2. The molecule has 0 radical (unpaired) electrons.